The van der Waals surface area contributed by atoms with E-state index in [1.807, 2.05) is 25.1 Å². The lowest BCUT2D eigenvalue weighted by Gasteiger charge is -2.21. The summed E-state index contributed by atoms with van der Waals surface area (Å²) in [6, 6.07) is 10.4. The number of rotatable bonds is 10. The molecule has 0 radical (unpaired) electrons. The van der Waals surface area contributed by atoms with Crippen LogP contribution >= 0.6 is 0 Å². The molecule has 1 fully saturated rings. The summed E-state index contributed by atoms with van der Waals surface area (Å²) < 4.78 is 11.3. The molecule has 1 aliphatic heterocycles. The number of nitrogens with zero attached hydrogens (tertiary/aromatic N) is 3. The predicted octanol–water partition coefficient (Wildman–Crippen LogP) is 3.19. The number of fused-ring (bicyclic) bond motifs is 1. The summed E-state index contributed by atoms with van der Waals surface area (Å²) in [5.41, 5.74) is 2.17. The van der Waals surface area contributed by atoms with Gasteiger partial charge in [-0.15, -0.1) is 0 Å². The molecule has 0 saturated carbocycles. The molecule has 7 heteroatoms. The molecule has 0 aliphatic carbocycles. The van der Waals surface area contributed by atoms with E-state index < -0.39 is 0 Å². The van der Waals surface area contributed by atoms with Gasteiger partial charge in [-0.25, -0.2) is 9.98 Å². The summed E-state index contributed by atoms with van der Waals surface area (Å²) in [6.45, 7) is 7.71. The molecule has 2 aromatic rings. The van der Waals surface area contributed by atoms with Gasteiger partial charge < -0.3 is 25.0 Å². The van der Waals surface area contributed by atoms with Crippen LogP contribution in [0.3, 0.4) is 0 Å². The third-order valence-corrected chi connectivity index (χ3v) is 5.45. The first-order valence-corrected chi connectivity index (χ1v) is 11.4. The molecule has 1 saturated heterocycles. The van der Waals surface area contributed by atoms with Crippen molar-refractivity contribution in [2.45, 2.75) is 32.7 Å². The first-order valence-electron chi connectivity index (χ1n) is 11.4. The van der Waals surface area contributed by atoms with E-state index in [1.54, 1.807) is 0 Å². The minimum absolute atomic E-state index is 0.597. The van der Waals surface area contributed by atoms with Gasteiger partial charge in [0.05, 0.1) is 12.1 Å². The summed E-state index contributed by atoms with van der Waals surface area (Å²) in [4.78, 5) is 11.6. The highest BCUT2D eigenvalue weighted by molar-refractivity contribution is 5.85. The zero-order valence-corrected chi connectivity index (χ0v) is 19.2. The minimum Gasteiger partial charge on any atom is -0.381 e. The van der Waals surface area contributed by atoms with E-state index in [1.165, 1.54) is 5.56 Å². The Balaban J connectivity index is 1.52. The fourth-order valence-corrected chi connectivity index (χ4v) is 3.64. The number of hydrogen-bond acceptors (Lipinski definition) is 5. The number of anilines is 1. The van der Waals surface area contributed by atoms with Crippen molar-refractivity contribution in [3.05, 3.63) is 35.9 Å². The smallest absolute Gasteiger partial charge is 0.191 e. The largest absolute Gasteiger partial charge is 0.381 e. The molecule has 170 valence electrons. The number of guanidine groups is 1. The Kier molecular flexibility index (Phi) is 9.37. The summed E-state index contributed by atoms with van der Waals surface area (Å²) in [5, 5.41) is 7.91. The summed E-state index contributed by atoms with van der Waals surface area (Å²) in [5.74, 6) is 2.44. The Morgan fingerprint density at radius 2 is 2.03 bits per heavy atom. The average Bonchev–Trinajstić information content (AvgIpc) is 2.79. The van der Waals surface area contributed by atoms with Crippen molar-refractivity contribution in [3.63, 3.8) is 0 Å². The van der Waals surface area contributed by atoms with Crippen molar-refractivity contribution in [1.82, 2.24) is 15.6 Å². The van der Waals surface area contributed by atoms with Crippen LogP contribution < -0.4 is 15.5 Å². The van der Waals surface area contributed by atoms with Crippen molar-refractivity contribution in [2.75, 3.05) is 58.5 Å². The number of para-hydroxylation sites is 1. The molecule has 31 heavy (non-hydrogen) atoms. The van der Waals surface area contributed by atoms with Gasteiger partial charge in [-0.2, -0.15) is 0 Å². The third-order valence-electron chi connectivity index (χ3n) is 5.45. The van der Waals surface area contributed by atoms with Crippen molar-refractivity contribution >= 4 is 22.7 Å². The fraction of sp³-hybridized carbons (Fsp3) is 0.583. The van der Waals surface area contributed by atoms with E-state index in [0.717, 1.165) is 81.5 Å². The van der Waals surface area contributed by atoms with Crippen LogP contribution in [-0.2, 0) is 16.0 Å². The molecule has 1 aromatic carbocycles. The predicted molar refractivity (Wildman–Crippen MR) is 128 cm³/mol. The van der Waals surface area contributed by atoms with Crippen LogP contribution in [0.2, 0.25) is 0 Å². The van der Waals surface area contributed by atoms with Crippen LogP contribution in [0.5, 0.6) is 0 Å². The Morgan fingerprint density at radius 1 is 1.23 bits per heavy atom. The lowest BCUT2D eigenvalue weighted by Crippen LogP contribution is -2.38. The Labute approximate surface area is 186 Å². The Morgan fingerprint density at radius 3 is 2.81 bits per heavy atom. The highest BCUT2D eigenvalue weighted by Gasteiger charge is 2.13. The van der Waals surface area contributed by atoms with Crippen LogP contribution in [0.4, 0.5) is 5.82 Å². The maximum atomic E-state index is 5.86. The van der Waals surface area contributed by atoms with Gasteiger partial charge in [-0.1, -0.05) is 18.2 Å². The van der Waals surface area contributed by atoms with Gasteiger partial charge in [0.2, 0.25) is 0 Å². The van der Waals surface area contributed by atoms with Gasteiger partial charge in [-0.3, -0.25) is 0 Å². The SMILES string of the molecule is CCNC(=NCc1cc(N(C)C)nc2ccccc12)NCCCOCC1CCOCC1. The zero-order chi connectivity index (χ0) is 21.9. The molecule has 0 amide bonds. The van der Waals surface area contributed by atoms with Crippen molar-refractivity contribution < 1.29 is 9.47 Å². The highest BCUT2D eigenvalue weighted by atomic mass is 16.5. The number of pyridine rings is 1. The first-order chi connectivity index (χ1) is 15.2. The maximum Gasteiger partial charge on any atom is 0.191 e. The van der Waals surface area contributed by atoms with E-state index >= 15 is 0 Å². The lowest BCUT2D eigenvalue weighted by molar-refractivity contribution is 0.0203. The van der Waals surface area contributed by atoms with Gasteiger partial charge in [0.15, 0.2) is 5.96 Å². The van der Waals surface area contributed by atoms with Crippen molar-refractivity contribution in [2.24, 2.45) is 10.9 Å². The van der Waals surface area contributed by atoms with E-state index in [-0.39, 0.29) is 0 Å². The third kappa shape index (κ3) is 7.36. The standard InChI is InChI=1S/C24H37N5O2/c1-4-25-24(26-12-7-13-31-18-19-10-14-30-15-11-19)27-17-20-16-23(29(2)3)28-22-9-6-5-8-21(20)22/h5-6,8-9,16,19H,4,7,10-15,17-18H2,1-3H3,(H2,25,26,27). The molecule has 1 aromatic heterocycles. The highest BCUT2D eigenvalue weighted by Crippen LogP contribution is 2.22. The Bertz CT molecular complexity index is 834. The summed E-state index contributed by atoms with van der Waals surface area (Å²) in [6.07, 6.45) is 3.19. The monoisotopic (exact) mass is 427 g/mol. The average molecular weight is 428 g/mol. The van der Waals surface area contributed by atoms with Gasteiger partial charge in [-0.05, 0) is 49.8 Å². The molecule has 0 spiro atoms. The molecule has 2 heterocycles. The van der Waals surface area contributed by atoms with E-state index in [4.69, 9.17) is 19.5 Å². The number of benzene rings is 1. The Hall–Kier alpha value is -2.38. The van der Waals surface area contributed by atoms with E-state index in [2.05, 4.69) is 41.8 Å². The molecular formula is C24H37N5O2. The molecule has 0 bridgehead atoms. The van der Waals surface area contributed by atoms with Crippen LogP contribution in [0.1, 0.15) is 31.7 Å². The molecule has 3 rings (SSSR count). The number of aliphatic imine (C=N–C) groups is 1. The number of hydrogen-bond donors (Lipinski definition) is 2. The molecule has 1 aliphatic rings. The second kappa shape index (κ2) is 12.5. The topological polar surface area (TPSA) is 71.0 Å². The molecular weight excluding hydrogens is 390 g/mol. The van der Waals surface area contributed by atoms with E-state index in [0.29, 0.717) is 12.5 Å². The molecule has 7 nitrogen and oxygen atoms in total. The van der Waals surface area contributed by atoms with Crippen molar-refractivity contribution in [1.29, 1.82) is 0 Å². The van der Waals surface area contributed by atoms with Crippen LogP contribution in [0.25, 0.3) is 10.9 Å². The van der Waals surface area contributed by atoms with Crippen LogP contribution in [0, 0.1) is 5.92 Å². The zero-order valence-electron chi connectivity index (χ0n) is 19.2. The summed E-state index contributed by atoms with van der Waals surface area (Å²) >= 11 is 0. The van der Waals surface area contributed by atoms with Gasteiger partial charge >= 0.3 is 0 Å². The summed E-state index contributed by atoms with van der Waals surface area (Å²) in [7, 11) is 4.03. The molecule has 0 unspecified atom stereocenters. The number of nitrogens with one attached hydrogen (secondary N) is 2. The minimum atomic E-state index is 0.597. The van der Waals surface area contributed by atoms with E-state index in [9.17, 15) is 0 Å². The van der Waals surface area contributed by atoms with Gasteiger partial charge in [0.1, 0.15) is 5.82 Å². The number of ether oxygens (including phenoxy) is 2. The second-order valence-corrected chi connectivity index (χ2v) is 8.16. The normalized spacial score (nSPS) is 15.3. The molecule has 2 N–H and O–H groups in total. The van der Waals surface area contributed by atoms with Gasteiger partial charge in [0.25, 0.3) is 0 Å². The van der Waals surface area contributed by atoms with Crippen LogP contribution in [-0.4, -0.2) is 64.6 Å². The maximum absolute atomic E-state index is 5.86. The fourth-order valence-electron chi connectivity index (χ4n) is 3.64. The van der Waals surface area contributed by atoms with Gasteiger partial charge in [0, 0.05) is 59.0 Å². The molecule has 0 atom stereocenters. The van der Waals surface area contributed by atoms with Crippen LogP contribution in [0.15, 0.2) is 35.3 Å². The quantitative estimate of drug-likeness (QED) is 0.345. The lowest BCUT2D eigenvalue weighted by atomic mass is 10.0. The first kappa shape index (κ1) is 23.3. The second-order valence-electron chi connectivity index (χ2n) is 8.16. The van der Waals surface area contributed by atoms with Crippen molar-refractivity contribution in [3.8, 4) is 0 Å². The number of aromatic nitrogens is 1.